The number of furan rings is 1. The van der Waals surface area contributed by atoms with Crippen molar-refractivity contribution in [1.82, 2.24) is 9.55 Å². The van der Waals surface area contributed by atoms with Crippen LogP contribution in [-0.2, 0) is 6.42 Å². The highest BCUT2D eigenvalue weighted by molar-refractivity contribution is 6.00. The fraction of sp³-hybridized carbons (Fsp3) is 0.250. The first-order valence-electron chi connectivity index (χ1n) is 6.88. The third-order valence-corrected chi connectivity index (χ3v) is 3.70. The van der Waals surface area contributed by atoms with Crippen LogP contribution >= 0.6 is 0 Å². The average molecular weight is 284 g/mol. The van der Waals surface area contributed by atoms with E-state index in [1.807, 2.05) is 22.8 Å². The van der Waals surface area contributed by atoms with Crippen molar-refractivity contribution in [2.75, 3.05) is 0 Å². The van der Waals surface area contributed by atoms with Crippen LogP contribution in [0.4, 0.5) is 0 Å². The quantitative estimate of drug-likeness (QED) is 0.778. The summed E-state index contributed by atoms with van der Waals surface area (Å²) in [6.45, 7) is 2.09. The fourth-order valence-electron chi connectivity index (χ4n) is 2.53. The SMILES string of the molecule is CC(CCc1ccco1)n1cnc2c(C(=O)O)cccc21. The molecule has 5 nitrogen and oxygen atoms in total. The number of aromatic nitrogens is 2. The van der Waals surface area contributed by atoms with Crippen LogP contribution in [0.15, 0.2) is 47.3 Å². The number of carbonyl (C=O) groups is 1. The molecule has 1 N–H and O–H groups in total. The van der Waals surface area contributed by atoms with Gasteiger partial charge in [0.05, 0.1) is 23.7 Å². The molecule has 3 aromatic rings. The number of rotatable bonds is 5. The number of hydrogen-bond acceptors (Lipinski definition) is 3. The van der Waals surface area contributed by atoms with Crippen molar-refractivity contribution < 1.29 is 14.3 Å². The van der Waals surface area contributed by atoms with Crippen molar-refractivity contribution in [2.45, 2.75) is 25.8 Å². The van der Waals surface area contributed by atoms with Crippen molar-refractivity contribution >= 4 is 17.0 Å². The molecule has 1 atom stereocenters. The predicted molar refractivity (Wildman–Crippen MR) is 78.4 cm³/mol. The van der Waals surface area contributed by atoms with Crippen LogP contribution in [0.25, 0.3) is 11.0 Å². The van der Waals surface area contributed by atoms with E-state index in [1.54, 1.807) is 24.7 Å². The number of para-hydroxylation sites is 1. The van der Waals surface area contributed by atoms with Gasteiger partial charge in [-0.05, 0) is 37.6 Å². The number of nitrogens with zero attached hydrogens (tertiary/aromatic N) is 2. The van der Waals surface area contributed by atoms with Crippen LogP contribution in [0.5, 0.6) is 0 Å². The van der Waals surface area contributed by atoms with Crippen molar-refractivity contribution in [3.8, 4) is 0 Å². The normalized spacial score (nSPS) is 12.6. The molecule has 3 rings (SSSR count). The molecule has 0 radical (unpaired) electrons. The Labute approximate surface area is 121 Å². The lowest BCUT2D eigenvalue weighted by atomic mass is 10.1. The van der Waals surface area contributed by atoms with E-state index in [0.717, 1.165) is 24.1 Å². The highest BCUT2D eigenvalue weighted by Crippen LogP contribution is 2.23. The van der Waals surface area contributed by atoms with Gasteiger partial charge in [0.15, 0.2) is 0 Å². The summed E-state index contributed by atoms with van der Waals surface area (Å²) in [5.74, 6) is 0.00610. The van der Waals surface area contributed by atoms with E-state index >= 15 is 0 Å². The van der Waals surface area contributed by atoms with Crippen molar-refractivity contribution in [1.29, 1.82) is 0 Å². The monoisotopic (exact) mass is 284 g/mol. The molecule has 2 aromatic heterocycles. The zero-order chi connectivity index (χ0) is 14.8. The first kappa shape index (κ1) is 13.4. The first-order chi connectivity index (χ1) is 10.2. The van der Waals surface area contributed by atoms with Crippen LogP contribution in [0.2, 0.25) is 0 Å². The number of imidazole rings is 1. The standard InChI is InChI=1S/C16H16N2O3/c1-11(7-8-12-4-3-9-21-12)18-10-17-15-13(16(19)20)5-2-6-14(15)18/h2-6,9-11H,7-8H2,1H3,(H,19,20). The fourth-order valence-corrected chi connectivity index (χ4v) is 2.53. The van der Waals surface area contributed by atoms with Crippen molar-refractivity contribution in [3.63, 3.8) is 0 Å². The second kappa shape index (κ2) is 5.44. The molecule has 0 aliphatic rings. The summed E-state index contributed by atoms with van der Waals surface area (Å²) >= 11 is 0. The van der Waals surface area contributed by atoms with E-state index in [0.29, 0.717) is 5.52 Å². The number of carboxylic acid groups (broad SMARTS) is 1. The minimum atomic E-state index is -0.950. The van der Waals surface area contributed by atoms with Gasteiger partial charge in [0.2, 0.25) is 0 Å². The largest absolute Gasteiger partial charge is 0.478 e. The number of aromatic carboxylic acids is 1. The molecule has 5 heteroatoms. The number of fused-ring (bicyclic) bond motifs is 1. The lowest BCUT2D eigenvalue weighted by Gasteiger charge is -2.13. The van der Waals surface area contributed by atoms with Gasteiger partial charge in [0, 0.05) is 12.5 Å². The third kappa shape index (κ3) is 2.54. The Morgan fingerprint density at radius 1 is 1.38 bits per heavy atom. The molecule has 2 heterocycles. The topological polar surface area (TPSA) is 68.3 Å². The van der Waals surface area contributed by atoms with Gasteiger partial charge in [-0.1, -0.05) is 6.07 Å². The molecule has 108 valence electrons. The van der Waals surface area contributed by atoms with Gasteiger partial charge in [-0.25, -0.2) is 9.78 Å². The van der Waals surface area contributed by atoms with E-state index in [2.05, 4.69) is 11.9 Å². The van der Waals surface area contributed by atoms with Crippen LogP contribution in [-0.4, -0.2) is 20.6 Å². The summed E-state index contributed by atoms with van der Waals surface area (Å²) < 4.78 is 7.36. The highest BCUT2D eigenvalue weighted by Gasteiger charge is 2.15. The Balaban J connectivity index is 1.86. The number of benzene rings is 1. The lowest BCUT2D eigenvalue weighted by molar-refractivity contribution is 0.0699. The van der Waals surface area contributed by atoms with Crippen LogP contribution in [0.3, 0.4) is 0 Å². The number of aryl methyl sites for hydroxylation is 1. The maximum atomic E-state index is 11.2. The van der Waals surface area contributed by atoms with Crippen LogP contribution < -0.4 is 0 Å². The van der Waals surface area contributed by atoms with E-state index in [-0.39, 0.29) is 11.6 Å². The molecule has 0 bridgehead atoms. The van der Waals surface area contributed by atoms with E-state index in [4.69, 9.17) is 4.42 Å². The van der Waals surface area contributed by atoms with Gasteiger partial charge >= 0.3 is 5.97 Å². The summed E-state index contributed by atoms with van der Waals surface area (Å²) in [7, 11) is 0. The Bertz CT molecular complexity index is 759. The summed E-state index contributed by atoms with van der Waals surface area (Å²) in [6, 6.07) is 9.29. The van der Waals surface area contributed by atoms with E-state index in [1.165, 1.54) is 0 Å². The second-order valence-corrected chi connectivity index (χ2v) is 5.10. The van der Waals surface area contributed by atoms with E-state index < -0.39 is 5.97 Å². The highest BCUT2D eigenvalue weighted by atomic mass is 16.4. The molecule has 0 saturated carbocycles. The molecular weight excluding hydrogens is 268 g/mol. The van der Waals surface area contributed by atoms with Gasteiger partial charge < -0.3 is 14.1 Å². The first-order valence-corrected chi connectivity index (χ1v) is 6.88. The summed E-state index contributed by atoms with van der Waals surface area (Å²) in [6.07, 6.45) is 5.12. The maximum Gasteiger partial charge on any atom is 0.337 e. The molecular formula is C16H16N2O3. The number of hydrogen-bond donors (Lipinski definition) is 1. The van der Waals surface area contributed by atoms with Crippen molar-refractivity contribution in [3.05, 3.63) is 54.2 Å². The smallest absolute Gasteiger partial charge is 0.337 e. The van der Waals surface area contributed by atoms with Gasteiger partial charge in [-0.3, -0.25) is 0 Å². The Hall–Kier alpha value is -2.56. The molecule has 1 aromatic carbocycles. The Kier molecular flexibility index (Phi) is 3.48. The van der Waals surface area contributed by atoms with Gasteiger partial charge in [-0.2, -0.15) is 0 Å². The summed E-state index contributed by atoms with van der Waals surface area (Å²) in [5.41, 5.74) is 1.63. The van der Waals surface area contributed by atoms with E-state index in [9.17, 15) is 9.90 Å². The molecule has 0 amide bonds. The Morgan fingerprint density at radius 2 is 2.24 bits per heavy atom. The van der Waals surface area contributed by atoms with Crippen LogP contribution in [0, 0.1) is 0 Å². The average Bonchev–Trinajstić information content (AvgIpc) is 3.13. The maximum absolute atomic E-state index is 11.2. The molecule has 1 unspecified atom stereocenters. The zero-order valence-corrected chi connectivity index (χ0v) is 11.7. The molecule has 0 aliphatic carbocycles. The number of carboxylic acids is 1. The molecule has 21 heavy (non-hydrogen) atoms. The van der Waals surface area contributed by atoms with Crippen LogP contribution in [0.1, 0.15) is 35.5 Å². The minimum Gasteiger partial charge on any atom is -0.478 e. The Morgan fingerprint density at radius 3 is 2.95 bits per heavy atom. The van der Waals surface area contributed by atoms with Crippen molar-refractivity contribution in [2.24, 2.45) is 0 Å². The third-order valence-electron chi connectivity index (χ3n) is 3.70. The second-order valence-electron chi connectivity index (χ2n) is 5.10. The molecule has 0 saturated heterocycles. The minimum absolute atomic E-state index is 0.212. The predicted octanol–water partition coefficient (Wildman–Crippen LogP) is 3.52. The summed E-state index contributed by atoms with van der Waals surface area (Å²) in [4.78, 5) is 15.5. The molecule has 0 aliphatic heterocycles. The van der Waals surface area contributed by atoms with Gasteiger partial charge in [0.1, 0.15) is 11.3 Å². The molecule has 0 fully saturated rings. The van der Waals surface area contributed by atoms with Gasteiger partial charge in [0.25, 0.3) is 0 Å². The molecule has 0 spiro atoms. The summed E-state index contributed by atoms with van der Waals surface area (Å²) in [5, 5.41) is 9.20. The zero-order valence-electron chi connectivity index (χ0n) is 11.7. The lowest BCUT2D eigenvalue weighted by Crippen LogP contribution is -2.05. The van der Waals surface area contributed by atoms with Gasteiger partial charge in [-0.15, -0.1) is 0 Å².